The average molecular weight is 524 g/mol. The monoisotopic (exact) mass is 524 g/mol. The van der Waals surface area contributed by atoms with Crippen molar-refractivity contribution in [3.05, 3.63) is 0 Å². The molecule has 0 atom stereocenters. The maximum atomic E-state index is 10.4. The number of hydrogen-bond acceptors (Lipinski definition) is 1. The summed E-state index contributed by atoms with van der Waals surface area (Å²) < 4.78 is 5.86. The SMILES string of the molecule is CCCCCCCCCCCCCCCCCOCCCCCCCCCCCCCCCCCC[O]. The van der Waals surface area contributed by atoms with Crippen LogP contribution < -0.4 is 0 Å². The Labute approximate surface area is 235 Å². The van der Waals surface area contributed by atoms with Gasteiger partial charge in [-0.3, -0.25) is 0 Å². The molecular formula is C35H71O2. The van der Waals surface area contributed by atoms with E-state index in [4.69, 9.17) is 4.74 Å². The van der Waals surface area contributed by atoms with Crippen molar-refractivity contribution in [1.82, 2.24) is 0 Å². The van der Waals surface area contributed by atoms with Crippen LogP contribution >= 0.6 is 0 Å². The molecule has 0 aliphatic heterocycles. The van der Waals surface area contributed by atoms with E-state index in [1.165, 1.54) is 186 Å². The lowest BCUT2D eigenvalue weighted by molar-refractivity contribution is 0.125. The van der Waals surface area contributed by atoms with E-state index in [-0.39, 0.29) is 6.61 Å². The minimum atomic E-state index is 0.119. The Morgan fingerprint density at radius 1 is 0.297 bits per heavy atom. The molecule has 37 heavy (non-hydrogen) atoms. The first-order valence-electron chi connectivity index (χ1n) is 17.6. The maximum absolute atomic E-state index is 10.4. The minimum absolute atomic E-state index is 0.119. The van der Waals surface area contributed by atoms with Crippen LogP contribution in [0.2, 0.25) is 0 Å². The molecule has 0 aromatic carbocycles. The van der Waals surface area contributed by atoms with Crippen molar-refractivity contribution in [3.63, 3.8) is 0 Å². The third-order valence-corrected chi connectivity index (χ3v) is 8.08. The Bertz CT molecular complexity index is 336. The van der Waals surface area contributed by atoms with Crippen molar-refractivity contribution in [2.24, 2.45) is 0 Å². The topological polar surface area (TPSA) is 29.1 Å². The van der Waals surface area contributed by atoms with E-state index < -0.39 is 0 Å². The van der Waals surface area contributed by atoms with Gasteiger partial charge in [-0.05, 0) is 19.3 Å². The van der Waals surface area contributed by atoms with Gasteiger partial charge in [0.15, 0.2) is 0 Å². The maximum Gasteiger partial charge on any atom is 0.0822 e. The van der Waals surface area contributed by atoms with Crippen LogP contribution in [0.15, 0.2) is 0 Å². The molecule has 2 heteroatoms. The molecule has 1 radical (unpaired) electrons. The number of ether oxygens (including phenoxy) is 1. The molecule has 0 spiro atoms. The van der Waals surface area contributed by atoms with Crippen LogP contribution in [0.5, 0.6) is 0 Å². The smallest absolute Gasteiger partial charge is 0.0822 e. The predicted octanol–water partition coefficient (Wildman–Crippen LogP) is 12.5. The highest BCUT2D eigenvalue weighted by Crippen LogP contribution is 2.15. The summed E-state index contributed by atoms with van der Waals surface area (Å²) >= 11 is 0. The Hall–Kier alpha value is -0.0800. The summed E-state index contributed by atoms with van der Waals surface area (Å²) in [7, 11) is 0. The standard InChI is InChI=1S/C35H71O2/c1-2-3-4-5-6-7-8-9-13-16-19-22-25-28-31-34-37-35-32-29-26-23-20-17-14-11-10-12-15-18-21-24-27-30-33-36/h2-35H2,1H3. The summed E-state index contributed by atoms with van der Waals surface area (Å²) in [5.41, 5.74) is 0. The molecule has 2 nitrogen and oxygen atoms in total. The second kappa shape index (κ2) is 35.9. The quantitative estimate of drug-likeness (QED) is 0.0771. The molecule has 0 saturated carbocycles. The van der Waals surface area contributed by atoms with Gasteiger partial charge in [0, 0.05) is 13.2 Å². The fourth-order valence-corrected chi connectivity index (χ4v) is 5.46. The second-order valence-electron chi connectivity index (χ2n) is 11.9. The Balaban J connectivity index is 3.00. The molecule has 0 amide bonds. The molecular weight excluding hydrogens is 452 g/mol. The Morgan fingerprint density at radius 2 is 0.514 bits per heavy atom. The van der Waals surface area contributed by atoms with E-state index in [9.17, 15) is 5.11 Å². The zero-order valence-corrected chi connectivity index (χ0v) is 25.9. The third-order valence-electron chi connectivity index (χ3n) is 8.08. The summed E-state index contributed by atoms with van der Waals surface area (Å²) in [6, 6.07) is 0. The van der Waals surface area contributed by atoms with E-state index in [2.05, 4.69) is 6.92 Å². The lowest BCUT2D eigenvalue weighted by Crippen LogP contribution is -1.97. The molecule has 0 aromatic rings. The van der Waals surface area contributed by atoms with Gasteiger partial charge in [0.05, 0.1) is 6.61 Å². The van der Waals surface area contributed by atoms with Crippen LogP contribution in [-0.4, -0.2) is 19.8 Å². The molecule has 223 valence electrons. The molecule has 0 saturated heterocycles. The van der Waals surface area contributed by atoms with Crippen molar-refractivity contribution in [3.8, 4) is 0 Å². The molecule has 0 heterocycles. The fraction of sp³-hybridized carbons (Fsp3) is 1.00. The number of hydrogen-bond donors (Lipinski definition) is 0. The van der Waals surface area contributed by atoms with Crippen LogP contribution in [0.1, 0.15) is 206 Å². The molecule has 0 bridgehead atoms. The van der Waals surface area contributed by atoms with E-state index in [1.54, 1.807) is 0 Å². The average Bonchev–Trinajstić information content (AvgIpc) is 2.91. The summed E-state index contributed by atoms with van der Waals surface area (Å²) in [5, 5.41) is 10.4. The molecule has 0 N–H and O–H groups in total. The number of rotatable bonds is 34. The fourth-order valence-electron chi connectivity index (χ4n) is 5.46. The first-order chi connectivity index (χ1) is 18.4. The van der Waals surface area contributed by atoms with Gasteiger partial charge in [0.25, 0.3) is 0 Å². The van der Waals surface area contributed by atoms with Gasteiger partial charge in [-0.1, -0.05) is 187 Å². The van der Waals surface area contributed by atoms with E-state index in [0.29, 0.717) is 0 Å². The van der Waals surface area contributed by atoms with E-state index in [1.807, 2.05) is 0 Å². The van der Waals surface area contributed by atoms with Crippen molar-refractivity contribution < 1.29 is 9.84 Å². The van der Waals surface area contributed by atoms with Gasteiger partial charge in [0.2, 0.25) is 0 Å². The normalized spacial score (nSPS) is 11.5. The lowest BCUT2D eigenvalue weighted by Gasteiger charge is -2.06. The Morgan fingerprint density at radius 3 is 0.757 bits per heavy atom. The molecule has 0 unspecified atom stereocenters. The molecule has 0 aliphatic rings. The zero-order chi connectivity index (χ0) is 26.7. The van der Waals surface area contributed by atoms with Crippen LogP contribution in [-0.2, 0) is 9.84 Å². The molecule has 0 rings (SSSR count). The van der Waals surface area contributed by atoms with Crippen LogP contribution in [0.25, 0.3) is 0 Å². The highest BCUT2D eigenvalue weighted by Gasteiger charge is 1.97. The van der Waals surface area contributed by atoms with Gasteiger partial charge in [-0.2, -0.15) is 0 Å². The zero-order valence-electron chi connectivity index (χ0n) is 25.9. The van der Waals surface area contributed by atoms with Crippen LogP contribution in [0.3, 0.4) is 0 Å². The van der Waals surface area contributed by atoms with Crippen molar-refractivity contribution in [1.29, 1.82) is 0 Å². The third kappa shape index (κ3) is 35.9. The first kappa shape index (κ1) is 36.9. The summed E-state index contributed by atoms with van der Waals surface area (Å²) in [4.78, 5) is 0. The van der Waals surface area contributed by atoms with Gasteiger partial charge >= 0.3 is 0 Å². The number of unbranched alkanes of at least 4 members (excludes halogenated alkanes) is 29. The molecule has 0 aliphatic carbocycles. The van der Waals surface area contributed by atoms with Gasteiger partial charge in [-0.15, -0.1) is 0 Å². The second-order valence-corrected chi connectivity index (χ2v) is 11.9. The Kier molecular flexibility index (Phi) is 35.8. The van der Waals surface area contributed by atoms with Crippen LogP contribution in [0.4, 0.5) is 0 Å². The van der Waals surface area contributed by atoms with Gasteiger partial charge in [-0.25, -0.2) is 5.11 Å². The highest BCUT2D eigenvalue weighted by atomic mass is 16.5. The molecule has 0 fully saturated rings. The largest absolute Gasteiger partial charge is 0.381 e. The lowest BCUT2D eigenvalue weighted by atomic mass is 10.0. The van der Waals surface area contributed by atoms with Crippen molar-refractivity contribution in [2.75, 3.05) is 19.8 Å². The predicted molar refractivity (Wildman–Crippen MR) is 165 cm³/mol. The minimum Gasteiger partial charge on any atom is -0.381 e. The summed E-state index contributed by atoms with van der Waals surface area (Å²) in [6.07, 6.45) is 42.9. The first-order valence-corrected chi connectivity index (χ1v) is 17.6. The van der Waals surface area contributed by atoms with Crippen molar-refractivity contribution in [2.45, 2.75) is 206 Å². The summed E-state index contributed by atoms with van der Waals surface area (Å²) in [5.74, 6) is 0. The van der Waals surface area contributed by atoms with E-state index in [0.717, 1.165) is 26.1 Å². The van der Waals surface area contributed by atoms with Crippen LogP contribution in [0, 0.1) is 0 Å². The van der Waals surface area contributed by atoms with Crippen molar-refractivity contribution >= 4 is 0 Å². The summed E-state index contributed by atoms with van der Waals surface area (Å²) in [6.45, 7) is 4.39. The van der Waals surface area contributed by atoms with E-state index >= 15 is 0 Å². The molecule has 0 aromatic heterocycles. The van der Waals surface area contributed by atoms with Gasteiger partial charge < -0.3 is 4.74 Å². The highest BCUT2D eigenvalue weighted by molar-refractivity contribution is 4.52. The van der Waals surface area contributed by atoms with Gasteiger partial charge in [0.1, 0.15) is 0 Å².